The van der Waals surface area contributed by atoms with E-state index in [9.17, 15) is 0 Å². The summed E-state index contributed by atoms with van der Waals surface area (Å²) in [7, 11) is 4.28. The van der Waals surface area contributed by atoms with Crippen molar-refractivity contribution in [1.29, 1.82) is 0 Å². The lowest BCUT2D eigenvalue weighted by Crippen LogP contribution is -2.40. The fourth-order valence-corrected chi connectivity index (χ4v) is 2.23. The Morgan fingerprint density at radius 1 is 1.21 bits per heavy atom. The number of rotatable bonds is 12. The van der Waals surface area contributed by atoms with Gasteiger partial charge in [-0.05, 0) is 66.0 Å². The number of nitrogens with zero attached hydrogens (tertiary/aromatic N) is 3. The average molecular weight is 454 g/mol. The van der Waals surface area contributed by atoms with Crippen LogP contribution in [0, 0.1) is 5.92 Å². The lowest BCUT2D eigenvalue weighted by molar-refractivity contribution is 0.115. The molecule has 0 spiro atoms. The van der Waals surface area contributed by atoms with Crippen molar-refractivity contribution < 1.29 is 4.74 Å². The van der Waals surface area contributed by atoms with Crippen LogP contribution in [0.4, 0.5) is 0 Å². The van der Waals surface area contributed by atoms with Crippen molar-refractivity contribution in [1.82, 2.24) is 15.1 Å². The van der Waals surface area contributed by atoms with Gasteiger partial charge in [0, 0.05) is 39.3 Å². The molecule has 1 saturated carbocycles. The third-order valence-corrected chi connectivity index (χ3v) is 4.38. The van der Waals surface area contributed by atoms with E-state index in [0.29, 0.717) is 6.04 Å². The first-order chi connectivity index (χ1) is 11.0. The Morgan fingerprint density at radius 3 is 2.50 bits per heavy atom. The van der Waals surface area contributed by atoms with Gasteiger partial charge in [-0.15, -0.1) is 24.0 Å². The molecule has 144 valence electrons. The SMILES string of the molecule is CCNC(=NCCCCN(C)C(C)C)N(C)CCOCC1CC1.I. The third kappa shape index (κ3) is 11.5. The molecule has 5 nitrogen and oxygen atoms in total. The second kappa shape index (κ2) is 14.1. The largest absolute Gasteiger partial charge is 0.379 e. The number of aliphatic imine (C=N–C) groups is 1. The molecule has 0 amide bonds. The van der Waals surface area contributed by atoms with Crippen molar-refractivity contribution in [2.45, 2.75) is 52.5 Å². The molecule has 24 heavy (non-hydrogen) atoms. The van der Waals surface area contributed by atoms with Gasteiger partial charge in [0.15, 0.2) is 5.96 Å². The summed E-state index contributed by atoms with van der Waals surface area (Å²) in [5.74, 6) is 1.84. The van der Waals surface area contributed by atoms with Gasteiger partial charge in [-0.1, -0.05) is 0 Å². The molecule has 1 aliphatic carbocycles. The van der Waals surface area contributed by atoms with Crippen molar-refractivity contribution in [2.24, 2.45) is 10.9 Å². The maximum absolute atomic E-state index is 5.72. The molecular formula is C18H39IN4O. The number of guanidine groups is 1. The predicted molar refractivity (Wildman–Crippen MR) is 115 cm³/mol. The summed E-state index contributed by atoms with van der Waals surface area (Å²) in [5, 5.41) is 3.37. The lowest BCUT2D eigenvalue weighted by atomic mass is 10.2. The molecule has 0 aliphatic heterocycles. The van der Waals surface area contributed by atoms with Crippen LogP contribution in [0.15, 0.2) is 4.99 Å². The number of unbranched alkanes of at least 4 members (excludes halogenated alkanes) is 1. The van der Waals surface area contributed by atoms with E-state index in [0.717, 1.165) is 57.7 Å². The highest BCUT2D eigenvalue weighted by molar-refractivity contribution is 14.0. The van der Waals surface area contributed by atoms with Crippen molar-refractivity contribution in [3.05, 3.63) is 0 Å². The van der Waals surface area contributed by atoms with E-state index in [1.54, 1.807) is 0 Å². The normalized spacial score (nSPS) is 14.9. The number of hydrogen-bond acceptors (Lipinski definition) is 3. The Labute approximate surface area is 166 Å². The van der Waals surface area contributed by atoms with Crippen LogP contribution in [0.25, 0.3) is 0 Å². The van der Waals surface area contributed by atoms with Crippen LogP contribution in [-0.4, -0.2) is 75.3 Å². The van der Waals surface area contributed by atoms with E-state index in [-0.39, 0.29) is 24.0 Å². The van der Waals surface area contributed by atoms with Crippen molar-refractivity contribution >= 4 is 29.9 Å². The maximum Gasteiger partial charge on any atom is 0.193 e. The zero-order valence-corrected chi connectivity index (χ0v) is 18.7. The van der Waals surface area contributed by atoms with Crippen molar-refractivity contribution in [3.8, 4) is 0 Å². The Bertz CT molecular complexity index is 335. The summed E-state index contributed by atoms with van der Waals surface area (Å²) in [4.78, 5) is 9.30. The second-order valence-corrected chi connectivity index (χ2v) is 6.96. The van der Waals surface area contributed by atoms with Crippen LogP contribution in [0.5, 0.6) is 0 Å². The van der Waals surface area contributed by atoms with Gasteiger partial charge in [-0.3, -0.25) is 4.99 Å². The molecule has 0 unspecified atom stereocenters. The quantitative estimate of drug-likeness (QED) is 0.213. The minimum Gasteiger partial charge on any atom is -0.379 e. The highest BCUT2D eigenvalue weighted by Crippen LogP contribution is 2.28. The summed E-state index contributed by atoms with van der Waals surface area (Å²) in [5.41, 5.74) is 0. The minimum absolute atomic E-state index is 0. The molecule has 0 radical (unpaired) electrons. The van der Waals surface area contributed by atoms with E-state index in [1.807, 2.05) is 0 Å². The fourth-order valence-electron chi connectivity index (χ4n) is 2.23. The van der Waals surface area contributed by atoms with Crippen LogP contribution in [0.3, 0.4) is 0 Å². The van der Waals surface area contributed by atoms with Crippen LogP contribution in [-0.2, 0) is 4.74 Å². The van der Waals surface area contributed by atoms with Gasteiger partial charge in [0.05, 0.1) is 6.61 Å². The summed E-state index contributed by atoms with van der Waals surface area (Å²) in [6.07, 6.45) is 5.04. The molecule has 1 rings (SSSR count). The first-order valence-corrected chi connectivity index (χ1v) is 9.32. The highest BCUT2D eigenvalue weighted by atomic mass is 127. The number of ether oxygens (including phenoxy) is 1. The molecule has 1 N–H and O–H groups in total. The zero-order chi connectivity index (χ0) is 17.1. The maximum atomic E-state index is 5.72. The van der Waals surface area contributed by atoms with Crippen LogP contribution >= 0.6 is 24.0 Å². The topological polar surface area (TPSA) is 40.1 Å². The van der Waals surface area contributed by atoms with Gasteiger partial charge in [0.1, 0.15) is 0 Å². The Morgan fingerprint density at radius 2 is 1.92 bits per heavy atom. The number of halogens is 1. The third-order valence-electron chi connectivity index (χ3n) is 4.38. The molecule has 0 aromatic rings. The molecule has 0 aromatic carbocycles. The standard InChI is InChI=1S/C18H38N4O.HI/c1-6-19-18(20-11-7-8-12-21(4)16(2)3)22(5)13-14-23-15-17-9-10-17;/h16-17H,6-15H2,1-5H3,(H,19,20);1H. The van der Waals surface area contributed by atoms with Crippen LogP contribution < -0.4 is 5.32 Å². The Balaban J connectivity index is 0.00000529. The fraction of sp³-hybridized carbons (Fsp3) is 0.944. The molecule has 0 aromatic heterocycles. The lowest BCUT2D eigenvalue weighted by Gasteiger charge is -2.22. The van der Waals surface area contributed by atoms with Gasteiger partial charge in [0.25, 0.3) is 0 Å². The molecule has 0 heterocycles. The smallest absolute Gasteiger partial charge is 0.193 e. The van der Waals surface area contributed by atoms with Gasteiger partial charge in [-0.2, -0.15) is 0 Å². The van der Waals surface area contributed by atoms with Crippen LogP contribution in [0.1, 0.15) is 46.5 Å². The van der Waals surface area contributed by atoms with Gasteiger partial charge >= 0.3 is 0 Å². The average Bonchev–Trinajstić information content (AvgIpc) is 3.33. The van der Waals surface area contributed by atoms with Gasteiger partial charge in [0.2, 0.25) is 0 Å². The summed E-state index contributed by atoms with van der Waals surface area (Å²) in [6.45, 7) is 12.2. The predicted octanol–water partition coefficient (Wildman–Crippen LogP) is 3.05. The molecule has 6 heteroatoms. The van der Waals surface area contributed by atoms with Crippen molar-refractivity contribution in [2.75, 3.05) is 53.5 Å². The van der Waals surface area contributed by atoms with Crippen LogP contribution in [0.2, 0.25) is 0 Å². The van der Waals surface area contributed by atoms with E-state index in [2.05, 4.69) is 50.0 Å². The van der Waals surface area contributed by atoms with E-state index < -0.39 is 0 Å². The molecular weight excluding hydrogens is 415 g/mol. The Hall–Kier alpha value is -0.0800. The summed E-state index contributed by atoms with van der Waals surface area (Å²) >= 11 is 0. The summed E-state index contributed by atoms with van der Waals surface area (Å²) in [6, 6.07) is 0.623. The molecule has 1 fully saturated rings. The first-order valence-electron chi connectivity index (χ1n) is 9.32. The Kier molecular flexibility index (Phi) is 14.1. The molecule has 0 atom stereocenters. The first kappa shape index (κ1) is 23.9. The molecule has 0 bridgehead atoms. The number of likely N-dealkylation sites (N-methyl/N-ethyl adjacent to an activating group) is 1. The zero-order valence-electron chi connectivity index (χ0n) is 16.4. The monoisotopic (exact) mass is 454 g/mol. The number of hydrogen-bond donors (Lipinski definition) is 1. The second-order valence-electron chi connectivity index (χ2n) is 6.96. The van der Waals surface area contributed by atoms with E-state index >= 15 is 0 Å². The van der Waals surface area contributed by atoms with Gasteiger partial charge in [-0.25, -0.2) is 0 Å². The van der Waals surface area contributed by atoms with Gasteiger partial charge < -0.3 is 19.9 Å². The van der Waals surface area contributed by atoms with E-state index in [1.165, 1.54) is 19.3 Å². The van der Waals surface area contributed by atoms with Crippen molar-refractivity contribution in [3.63, 3.8) is 0 Å². The van der Waals surface area contributed by atoms with E-state index in [4.69, 9.17) is 9.73 Å². The molecule has 1 aliphatic rings. The number of nitrogens with one attached hydrogen (secondary N) is 1. The highest BCUT2D eigenvalue weighted by Gasteiger charge is 2.21. The summed E-state index contributed by atoms with van der Waals surface area (Å²) < 4.78 is 5.72. The minimum atomic E-state index is 0. The molecule has 0 saturated heterocycles.